The Morgan fingerprint density at radius 2 is 0.863 bits per heavy atom. The highest BCUT2D eigenvalue weighted by Crippen LogP contribution is 2.29. The van der Waals surface area contributed by atoms with Crippen molar-refractivity contribution in [2.45, 2.75) is 237 Å². The molecule has 0 aromatic heterocycles. The largest absolute Gasteiger partial charge is 0.301 e. The summed E-state index contributed by atoms with van der Waals surface area (Å²) in [5.74, 6) is 2.87. The van der Waals surface area contributed by atoms with Crippen LogP contribution in [0.4, 0.5) is 0 Å². The van der Waals surface area contributed by atoms with Crippen molar-refractivity contribution in [3.63, 3.8) is 0 Å². The smallest absolute Gasteiger partial charge is 0.0125 e. The molecule has 0 aromatic carbocycles. The van der Waals surface area contributed by atoms with E-state index >= 15 is 0 Å². The normalized spacial score (nSPS) is 20.8. The second-order valence-electron chi connectivity index (χ2n) is 16.6. The predicted octanol–water partition coefficient (Wildman–Crippen LogP) is 14.5. The van der Waals surface area contributed by atoms with E-state index in [0.29, 0.717) is 11.0 Å². The van der Waals surface area contributed by atoms with E-state index in [4.69, 9.17) is 0 Å². The molecule has 0 saturated carbocycles. The molecule has 4 nitrogen and oxygen atoms in total. The lowest BCUT2D eigenvalue weighted by Crippen LogP contribution is -2.48. The zero-order valence-electron chi connectivity index (χ0n) is 38.2. The Bertz CT molecular complexity index is 637. The Balaban J connectivity index is -0.0000000934. The van der Waals surface area contributed by atoms with Crippen LogP contribution in [0.3, 0.4) is 0 Å². The summed E-state index contributed by atoms with van der Waals surface area (Å²) in [6, 6.07) is 2.26. The minimum atomic E-state index is 0. The lowest BCUT2D eigenvalue weighted by Gasteiger charge is -2.40. The number of hydrogen-bond acceptors (Lipinski definition) is 4. The highest BCUT2D eigenvalue weighted by Gasteiger charge is 2.30. The molecule has 320 valence electrons. The van der Waals surface area contributed by atoms with Gasteiger partial charge in [-0.15, -0.1) is 0 Å². The van der Waals surface area contributed by atoms with Crippen molar-refractivity contribution < 1.29 is 0 Å². The van der Waals surface area contributed by atoms with Crippen LogP contribution in [0.15, 0.2) is 0 Å². The zero-order chi connectivity index (χ0) is 38.7. The molecule has 4 heteroatoms. The van der Waals surface area contributed by atoms with Gasteiger partial charge in [0.2, 0.25) is 0 Å². The summed E-state index contributed by atoms with van der Waals surface area (Å²) in [5.41, 5.74) is 0.963. The SMILES string of the molecule is C.C.C.CC.CC.CC.CC.CC(C)N1CCC(C)(C)C1.CC1CCCN(C(C)C)CC1.CC1CCN(C(C)(C)C)CC1.CC1CN(C(C)C)C1. The van der Waals surface area contributed by atoms with Crippen LogP contribution in [0.2, 0.25) is 0 Å². The van der Waals surface area contributed by atoms with Crippen molar-refractivity contribution in [1.29, 1.82) is 0 Å². The molecule has 4 fully saturated rings. The molecule has 0 spiro atoms. The van der Waals surface area contributed by atoms with E-state index < -0.39 is 0 Å². The van der Waals surface area contributed by atoms with Crippen LogP contribution in [0.25, 0.3) is 0 Å². The number of nitrogens with zero attached hydrogens (tertiary/aromatic N) is 4. The van der Waals surface area contributed by atoms with Gasteiger partial charge in [-0.1, -0.05) is 112 Å². The van der Waals surface area contributed by atoms with Gasteiger partial charge in [-0.3, -0.25) is 4.90 Å². The average Bonchev–Trinajstić information content (AvgIpc) is 3.26. The number of piperidine rings is 1. The predicted molar refractivity (Wildman–Crippen MR) is 246 cm³/mol. The molecule has 0 N–H and O–H groups in total. The number of hydrogen-bond donors (Lipinski definition) is 0. The fourth-order valence-corrected chi connectivity index (χ4v) is 6.24. The summed E-state index contributed by atoms with van der Waals surface area (Å²) in [6.45, 7) is 58.8. The third kappa shape index (κ3) is 34.1. The second-order valence-corrected chi connectivity index (χ2v) is 16.6. The van der Waals surface area contributed by atoms with Gasteiger partial charge in [0.05, 0.1) is 0 Å². The van der Waals surface area contributed by atoms with Crippen LogP contribution in [0.1, 0.15) is 213 Å². The van der Waals surface area contributed by atoms with Crippen molar-refractivity contribution in [3.8, 4) is 0 Å². The molecule has 0 amide bonds. The third-order valence-corrected chi connectivity index (χ3v) is 9.77. The zero-order valence-corrected chi connectivity index (χ0v) is 38.2. The Morgan fingerprint density at radius 1 is 0.490 bits per heavy atom. The Labute approximate surface area is 331 Å². The summed E-state index contributed by atoms with van der Waals surface area (Å²) in [5, 5.41) is 0. The van der Waals surface area contributed by atoms with Gasteiger partial charge in [0.1, 0.15) is 0 Å². The van der Waals surface area contributed by atoms with E-state index in [1.807, 2.05) is 55.4 Å². The minimum absolute atomic E-state index is 0. The maximum absolute atomic E-state index is 2.60. The molecule has 4 rings (SSSR count). The summed E-state index contributed by atoms with van der Waals surface area (Å²) in [6.07, 6.45) is 8.38. The van der Waals surface area contributed by atoms with Gasteiger partial charge in [-0.25, -0.2) is 0 Å². The lowest BCUT2D eigenvalue weighted by atomic mass is 9.93. The van der Waals surface area contributed by atoms with Crippen LogP contribution in [-0.4, -0.2) is 95.6 Å². The van der Waals surface area contributed by atoms with E-state index in [-0.39, 0.29) is 22.3 Å². The van der Waals surface area contributed by atoms with Crippen LogP contribution in [0, 0.1) is 23.2 Å². The molecular weight excluding hydrogens is 621 g/mol. The molecule has 1 unspecified atom stereocenters. The number of likely N-dealkylation sites (tertiary alicyclic amines) is 4. The summed E-state index contributed by atoms with van der Waals surface area (Å²) in [4.78, 5) is 10.2. The van der Waals surface area contributed by atoms with Crippen LogP contribution in [0.5, 0.6) is 0 Å². The standard InChI is InChI=1S/2C10H21N.C9H19N.C7H15N.4C2H6.3CH4/c1-9-5-7-11(8-6-9)10(2,3)4;1-9(2)11-7-4-5-10(3)6-8-11;1-8(2)10-6-5-9(3,4)7-10;1-6(2)8-4-7(3)5-8;4*1-2;;;/h9H,5-8H2,1-4H3;9-10H,4-8H2,1-3H3;8H,5-7H2,1-4H3;6-7H,4-5H2,1-3H3;4*1-2H3;3*1H4. The van der Waals surface area contributed by atoms with Gasteiger partial charge in [0, 0.05) is 43.3 Å². The highest BCUT2D eigenvalue weighted by molar-refractivity contribution is 4.84. The molecule has 0 bridgehead atoms. The molecule has 4 aliphatic heterocycles. The van der Waals surface area contributed by atoms with Crippen molar-refractivity contribution in [3.05, 3.63) is 0 Å². The molecule has 0 radical (unpaired) electrons. The maximum Gasteiger partial charge on any atom is 0.0125 e. The molecule has 4 heterocycles. The Morgan fingerprint density at radius 3 is 1.14 bits per heavy atom. The Hall–Kier alpha value is -0.160. The quantitative estimate of drug-likeness (QED) is 0.286. The summed E-state index contributed by atoms with van der Waals surface area (Å²) < 4.78 is 0. The van der Waals surface area contributed by atoms with E-state index in [2.05, 4.69) is 117 Å². The summed E-state index contributed by atoms with van der Waals surface area (Å²) in [7, 11) is 0. The third-order valence-electron chi connectivity index (χ3n) is 9.77. The molecule has 51 heavy (non-hydrogen) atoms. The van der Waals surface area contributed by atoms with Crippen molar-refractivity contribution in [2.75, 3.05) is 52.4 Å². The monoisotopic (exact) mass is 733 g/mol. The molecule has 1 atom stereocenters. The highest BCUT2D eigenvalue weighted by atomic mass is 15.2. The topological polar surface area (TPSA) is 13.0 Å². The fraction of sp³-hybridized carbons (Fsp3) is 1.00. The van der Waals surface area contributed by atoms with E-state index in [9.17, 15) is 0 Å². The molecule has 0 aliphatic carbocycles. The van der Waals surface area contributed by atoms with Crippen molar-refractivity contribution in [2.24, 2.45) is 23.2 Å². The first-order valence-electron chi connectivity index (χ1n) is 21.4. The molecule has 4 aliphatic rings. The van der Waals surface area contributed by atoms with E-state index in [1.165, 1.54) is 90.9 Å². The first-order valence-corrected chi connectivity index (χ1v) is 21.4. The summed E-state index contributed by atoms with van der Waals surface area (Å²) >= 11 is 0. The minimum Gasteiger partial charge on any atom is -0.301 e. The molecule has 4 saturated heterocycles. The van der Waals surface area contributed by atoms with Crippen LogP contribution < -0.4 is 0 Å². The van der Waals surface area contributed by atoms with Gasteiger partial charge in [0.25, 0.3) is 0 Å². The van der Waals surface area contributed by atoms with Crippen LogP contribution >= 0.6 is 0 Å². The lowest BCUT2D eigenvalue weighted by molar-refractivity contribution is 0.0787. The van der Waals surface area contributed by atoms with Gasteiger partial charge in [-0.2, -0.15) is 0 Å². The van der Waals surface area contributed by atoms with E-state index in [1.54, 1.807) is 0 Å². The first kappa shape index (κ1) is 65.7. The molecular formula is C47H112N4. The number of rotatable bonds is 3. The van der Waals surface area contributed by atoms with E-state index in [0.717, 1.165) is 35.9 Å². The maximum atomic E-state index is 2.60. The average molecular weight is 733 g/mol. The van der Waals surface area contributed by atoms with Crippen LogP contribution in [-0.2, 0) is 0 Å². The Kier molecular flexibility index (Phi) is 49.1. The van der Waals surface area contributed by atoms with Gasteiger partial charge in [-0.05, 0) is 157 Å². The second kappa shape index (κ2) is 38.1. The van der Waals surface area contributed by atoms with Crippen molar-refractivity contribution >= 4 is 0 Å². The first-order chi connectivity index (χ1) is 22.4. The van der Waals surface area contributed by atoms with Gasteiger partial charge < -0.3 is 14.7 Å². The fourth-order valence-electron chi connectivity index (χ4n) is 6.24. The van der Waals surface area contributed by atoms with Crippen molar-refractivity contribution in [1.82, 2.24) is 19.6 Å². The van der Waals surface area contributed by atoms with Gasteiger partial charge >= 0.3 is 0 Å². The van der Waals surface area contributed by atoms with Gasteiger partial charge in [0.15, 0.2) is 0 Å². The molecule has 0 aromatic rings.